The number of nitrogens with zero attached hydrogens (tertiary/aromatic N) is 2. The zero-order valence-electron chi connectivity index (χ0n) is 19.2. The van der Waals surface area contributed by atoms with Gasteiger partial charge in [0.2, 0.25) is 5.91 Å². The molecule has 2 N–H and O–H groups in total. The third-order valence-corrected chi connectivity index (χ3v) is 8.46. The third-order valence-electron chi connectivity index (χ3n) is 6.31. The van der Waals surface area contributed by atoms with Crippen molar-refractivity contribution in [3.63, 3.8) is 0 Å². The van der Waals surface area contributed by atoms with Crippen molar-refractivity contribution in [1.29, 1.82) is 0 Å². The molecule has 5 rings (SSSR count). The summed E-state index contributed by atoms with van der Waals surface area (Å²) >= 11 is 3.29. The molecule has 0 radical (unpaired) electrons. The van der Waals surface area contributed by atoms with Gasteiger partial charge < -0.3 is 15.0 Å². The highest BCUT2D eigenvalue weighted by molar-refractivity contribution is 7.98. The van der Waals surface area contributed by atoms with Crippen LogP contribution in [0.25, 0.3) is 10.2 Å². The van der Waals surface area contributed by atoms with Crippen LogP contribution >= 0.6 is 23.1 Å². The molecule has 2 aliphatic rings. The molecule has 180 valence electrons. The lowest BCUT2D eigenvalue weighted by Gasteiger charge is -2.26. The van der Waals surface area contributed by atoms with E-state index in [1.54, 1.807) is 23.1 Å². The van der Waals surface area contributed by atoms with Crippen LogP contribution in [0.3, 0.4) is 0 Å². The van der Waals surface area contributed by atoms with Crippen molar-refractivity contribution < 1.29 is 9.53 Å². The van der Waals surface area contributed by atoms with Crippen molar-refractivity contribution >= 4 is 44.9 Å². The van der Waals surface area contributed by atoms with Crippen molar-refractivity contribution in [1.82, 2.24) is 14.9 Å². The lowest BCUT2D eigenvalue weighted by atomic mass is 9.97. The normalized spacial score (nSPS) is 16.5. The van der Waals surface area contributed by atoms with Crippen LogP contribution in [0.4, 0.5) is 5.69 Å². The van der Waals surface area contributed by atoms with E-state index in [4.69, 9.17) is 9.72 Å². The minimum Gasteiger partial charge on any atom is -0.379 e. The molecule has 3 aromatic rings. The van der Waals surface area contributed by atoms with Crippen molar-refractivity contribution in [2.24, 2.45) is 0 Å². The molecule has 1 fully saturated rings. The number of rotatable bonds is 8. The van der Waals surface area contributed by atoms with E-state index in [0.717, 1.165) is 68.0 Å². The van der Waals surface area contributed by atoms with Crippen LogP contribution in [-0.4, -0.2) is 52.8 Å². The van der Waals surface area contributed by atoms with Crippen LogP contribution in [0.1, 0.15) is 41.1 Å². The molecule has 0 spiro atoms. The Labute approximate surface area is 207 Å². The number of thiophene rings is 1. The van der Waals surface area contributed by atoms with E-state index in [1.165, 1.54) is 22.4 Å². The summed E-state index contributed by atoms with van der Waals surface area (Å²) in [6.07, 6.45) is 4.81. The number of aromatic nitrogens is 2. The molecule has 1 aromatic carbocycles. The van der Waals surface area contributed by atoms with E-state index in [2.05, 4.69) is 21.3 Å². The van der Waals surface area contributed by atoms with Gasteiger partial charge in [0.25, 0.3) is 5.56 Å². The van der Waals surface area contributed by atoms with Crippen molar-refractivity contribution in [3.05, 3.63) is 56.4 Å². The first-order valence-electron chi connectivity index (χ1n) is 12.0. The number of aromatic amines is 1. The molecule has 7 nitrogen and oxygen atoms in total. The van der Waals surface area contributed by atoms with E-state index >= 15 is 0 Å². The zero-order chi connectivity index (χ0) is 23.3. The van der Waals surface area contributed by atoms with Crippen LogP contribution in [0.2, 0.25) is 0 Å². The predicted octanol–water partition coefficient (Wildman–Crippen LogP) is 3.96. The highest BCUT2D eigenvalue weighted by atomic mass is 32.2. The topological polar surface area (TPSA) is 87.3 Å². The number of nitrogens with one attached hydrogen (secondary N) is 2. The third kappa shape index (κ3) is 5.71. The second-order valence-electron chi connectivity index (χ2n) is 8.84. The zero-order valence-corrected chi connectivity index (χ0v) is 20.9. The minimum absolute atomic E-state index is 0.00106. The quantitative estimate of drug-likeness (QED) is 0.457. The van der Waals surface area contributed by atoms with Crippen molar-refractivity contribution in [3.8, 4) is 0 Å². The smallest absolute Gasteiger partial charge is 0.259 e. The monoisotopic (exact) mass is 498 g/mol. The van der Waals surface area contributed by atoms with E-state index in [-0.39, 0.29) is 11.5 Å². The lowest BCUT2D eigenvalue weighted by Crippen LogP contribution is -2.35. The summed E-state index contributed by atoms with van der Waals surface area (Å²) in [5, 5.41) is 3.81. The number of hydrogen-bond donors (Lipinski definition) is 2. The summed E-state index contributed by atoms with van der Waals surface area (Å²) < 4.78 is 5.41. The van der Waals surface area contributed by atoms with E-state index < -0.39 is 0 Å². The van der Waals surface area contributed by atoms with Crippen LogP contribution in [0.5, 0.6) is 0 Å². The van der Waals surface area contributed by atoms with E-state index in [1.807, 2.05) is 18.2 Å². The molecule has 1 amide bonds. The number of fused-ring (bicyclic) bond motifs is 3. The number of anilines is 1. The van der Waals surface area contributed by atoms with Gasteiger partial charge in [-0.25, -0.2) is 4.98 Å². The fraction of sp³-hybridized carbons (Fsp3) is 0.480. The Morgan fingerprint density at radius 2 is 2.09 bits per heavy atom. The van der Waals surface area contributed by atoms with Gasteiger partial charge in [0.1, 0.15) is 10.7 Å². The van der Waals surface area contributed by atoms with Crippen LogP contribution in [0, 0.1) is 0 Å². The van der Waals surface area contributed by atoms with Crippen molar-refractivity contribution in [2.75, 3.05) is 37.4 Å². The number of ether oxygens (including phenoxy) is 1. The predicted molar refractivity (Wildman–Crippen MR) is 139 cm³/mol. The maximum absolute atomic E-state index is 12.7. The number of hydrogen-bond acceptors (Lipinski definition) is 7. The Bertz CT molecular complexity index is 1220. The van der Waals surface area contributed by atoms with Gasteiger partial charge >= 0.3 is 0 Å². The average Bonchev–Trinajstić information content (AvgIpc) is 3.22. The number of amides is 1. The van der Waals surface area contributed by atoms with Crippen LogP contribution in [-0.2, 0) is 34.7 Å². The van der Waals surface area contributed by atoms with Gasteiger partial charge in [-0.3, -0.25) is 14.5 Å². The summed E-state index contributed by atoms with van der Waals surface area (Å²) in [5.74, 6) is 1.95. The van der Waals surface area contributed by atoms with E-state index in [9.17, 15) is 9.59 Å². The molecule has 1 aliphatic carbocycles. The Morgan fingerprint density at radius 1 is 1.24 bits per heavy atom. The maximum atomic E-state index is 12.7. The van der Waals surface area contributed by atoms with Gasteiger partial charge in [0.05, 0.1) is 24.4 Å². The Balaban J connectivity index is 1.10. The largest absolute Gasteiger partial charge is 0.379 e. The Hall–Kier alpha value is -2.20. The number of H-pyrrole nitrogens is 1. The molecule has 0 atom stereocenters. The number of benzene rings is 1. The van der Waals surface area contributed by atoms with E-state index in [0.29, 0.717) is 23.8 Å². The maximum Gasteiger partial charge on any atom is 0.259 e. The minimum atomic E-state index is -0.0188. The lowest BCUT2D eigenvalue weighted by molar-refractivity contribution is -0.115. The first-order chi connectivity index (χ1) is 16.7. The number of carbonyl (C=O) groups is 1. The Kier molecular flexibility index (Phi) is 7.63. The van der Waals surface area contributed by atoms with Gasteiger partial charge in [-0.1, -0.05) is 12.1 Å². The number of morpholine rings is 1. The van der Waals surface area contributed by atoms with Crippen LogP contribution < -0.4 is 10.9 Å². The molecular weight excluding hydrogens is 468 g/mol. The van der Waals surface area contributed by atoms with Gasteiger partial charge in [-0.2, -0.15) is 11.8 Å². The summed E-state index contributed by atoms with van der Waals surface area (Å²) in [6.45, 7) is 4.30. The standard InChI is InChI=1S/C25H30N4O3S2/c30-22(26-18-5-3-4-17(14-18)15-29-9-11-32-12-10-29)8-13-33-16-21-27-24(31)23-19-6-1-2-7-20(19)34-25(23)28-21/h3-5,14H,1-2,6-13,15-16H2,(H,26,30)(H,27,28,31). The average molecular weight is 499 g/mol. The van der Waals surface area contributed by atoms with Gasteiger partial charge in [0.15, 0.2) is 0 Å². The summed E-state index contributed by atoms with van der Waals surface area (Å²) in [4.78, 5) is 37.3. The number of carbonyl (C=O) groups excluding carboxylic acids is 1. The summed E-state index contributed by atoms with van der Waals surface area (Å²) in [5.41, 5.74) is 3.22. The van der Waals surface area contributed by atoms with Gasteiger partial charge in [0, 0.05) is 42.4 Å². The van der Waals surface area contributed by atoms with Gasteiger partial charge in [-0.15, -0.1) is 11.3 Å². The summed E-state index contributed by atoms with van der Waals surface area (Å²) in [6, 6.07) is 8.06. The second-order valence-corrected chi connectivity index (χ2v) is 11.0. The van der Waals surface area contributed by atoms with Crippen LogP contribution in [0.15, 0.2) is 29.1 Å². The molecule has 0 bridgehead atoms. The molecular formula is C25H30N4O3S2. The molecule has 1 aliphatic heterocycles. The van der Waals surface area contributed by atoms with Crippen molar-refractivity contribution in [2.45, 2.75) is 44.4 Å². The number of thioether (sulfide) groups is 1. The molecule has 1 saturated heterocycles. The summed E-state index contributed by atoms with van der Waals surface area (Å²) in [7, 11) is 0. The molecule has 2 aromatic heterocycles. The molecule has 0 saturated carbocycles. The van der Waals surface area contributed by atoms with Gasteiger partial charge in [-0.05, 0) is 48.9 Å². The fourth-order valence-corrected chi connectivity index (χ4v) is 6.68. The SMILES string of the molecule is O=C(CCSCc1nc2sc3c(c2c(=O)[nH]1)CCCC3)Nc1cccc(CN2CCOCC2)c1. The molecule has 34 heavy (non-hydrogen) atoms. The highest BCUT2D eigenvalue weighted by Crippen LogP contribution is 2.33. The number of aryl methyl sites for hydroxylation is 2. The molecule has 3 heterocycles. The highest BCUT2D eigenvalue weighted by Gasteiger charge is 2.19. The first-order valence-corrected chi connectivity index (χ1v) is 13.9. The second kappa shape index (κ2) is 11.0. The Morgan fingerprint density at radius 3 is 2.97 bits per heavy atom. The molecule has 0 unspecified atom stereocenters. The fourth-order valence-electron chi connectivity index (χ4n) is 4.60. The first kappa shape index (κ1) is 23.5. The molecule has 9 heteroatoms.